The molecule has 1 aliphatic rings. The lowest BCUT2D eigenvalue weighted by atomic mass is 10.0. The van der Waals surface area contributed by atoms with Gasteiger partial charge in [0.1, 0.15) is 0 Å². The van der Waals surface area contributed by atoms with E-state index in [2.05, 4.69) is 10.3 Å². The Morgan fingerprint density at radius 1 is 1.12 bits per heavy atom. The van der Waals surface area contributed by atoms with Gasteiger partial charge in [-0.1, -0.05) is 76.7 Å². The number of benzodiazepines with no additional fused rings is 1. The Morgan fingerprint density at radius 3 is 2.46 bits per heavy atom. The summed E-state index contributed by atoms with van der Waals surface area (Å²) in [7, 11) is 0. The van der Waals surface area contributed by atoms with E-state index in [0.717, 1.165) is 0 Å². The lowest BCUT2D eigenvalue weighted by Gasteiger charge is -2.15. The summed E-state index contributed by atoms with van der Waals surface area (Å²) in [5.41, 5.74) is 2.14. The van der Waals surface area contributed by atoms with Gasteiger partial charge in [0, 0.05) is 16.1 Å². The summed E-state index contributed by atoms with van der Waals surface area (Å²) in [6, 6.07) is 14.0. The zero-order valence-electron chi connectivity index (χ0n) is 12.9. The number of halogens is 4. The number of carbonyl (C=O) groups is 2. The van der Waals surface area contributed by atoms with Crippen LogP contribution in [0.4, 0.5) is 5.69 Å². The van der Waals surface area contributed by atoms with Gasteiger partial charge < -0.3 is 10.1 Å². The van der Waals surface area contributed by atoms with Gasteiger partial charge in [-0.3, -0.25) is 4.79 Å². The van der Waals surface area contributed by atoms with Crippen LogP contribution in [0.3, 0.4) is 0 Å². The number of aliphatic imine (C=N–C) groups is 1. The molecule has 2 aromatic rings. The Bertz CT molecular complexity index is 895. The first-order valence-corrected chi connectivity index (χ1v) is 8.79. The predicted molar refractivity (Wildman–Crippen MR) is 102 cm³/mol. The van der Waals surface area contributed by atoms with Crippen molar-refractivity contribution in [2.45, 2.75) is 10.0 Å². The maximum absolute atomic E-state index is 12.4. The summed E-state index contributed by atoms with van der Waals surface area (Å²) in [4.78, 5) is 28.6. The molecule has 9 heteroatoms. The standard InChI is InChI=1S/C17H10Cl4N2O3/c18-10-6-7-12-11(8-10)13(9-4-2-1-3-5-9)23-15(14(24)22-12)26-16(25)17(19,20)21/h1-8,15H,(H,22,24). The molecule has 1 unspecified atom stereocenters. The van der Waals surface area contributed by atoms with E-state index in [1.165, 1.54) is 0 Å². The van der Waals surface area contributed by atoms with Crippen molar-refractivity contribution in [2.24, 2.45) is 4.99 Å². The Morgan fingerprint density at radius 2 is 1.81 bits per heavy atom. The van der Waals surface area contributed by atoms with Crippen LogP contribution in [-0.2, 0) is 14.3 Å². The third kappa shape index (κ3) is 4.13. The molecule has 3 rings (SSSR count). The molecule has 0 aromatic heterocycles. The predicted octanol–water partition coefficient (Wildman–Crippen LogP) is 4.37. The average molecular weight is 432 g/mol. The van der Waals surface area contributed by atoms with E-state index in [4.69, 9.17) is 51.1 Å². The van der Waals surface area contributed by atoms with Crippen molar-refractivity contribution in [1.82, 2.24) is 0 Å². The zero-order valence-corrected chi connectivity index (χ0v) is 15.9. The van der Waals surface area contributed by atoms with Crippen LogP contribution >= 0.6 is 46.4 Å². The van der Waals surface area contributed by atoms with Gasteiger partial charge in [-0.25, -0.2) is 9.79 Å². The van der Waals surface area contributed by atoms with Crippen LogP contribution in [0.1, 0.15) is 11.1 Å². The highest BCUT2D eigenvalue weighted by atomic mass is 35.6. The number of benzene rings is 2. The molecule has 0 aliphatic carbocycles. The lowest BCUT2D eigenvalue weighted by molar-refractivity contribution is -0.152. The van der Waals surface area contributed by atoms with E-state index in [-0.39, 0.29) is 0 Å². The number of amides is 1. The smallest absolute Gasteiger partial charge is 0.360 e. The summed E-state index contributed by atoms with van der Waals surface area (Å²) in [5.74, 6) is -1.88. The van der Waals surface area contributed by atoms with Crippen LogP contribution in [0, 0.1) is 0 Å². The molecular formula is C17H10Cl4N2O3. The molecule has 1 N–H and O–H groups in total. The van der Waals surface area contributed by atoms with E-state index in [1.807, 2.05) is 18.2 Å². The molecule has 0 spiro atoms. The first kappa shape index (κ1) is 19.0. The summed E-state index contributed by atoms with van der Waals surface area (Å²) < 4.78 is 2.67. The van der Waals surface area contributed by atoms with Crippen LogP contribution in [0.15, 0.2) is 53.5 Å². The quantitative estimate of drug-likeness (QED) is 0.567. The molecule has 0 bridgehead atoms. The number of esters is 1. The summed E-state index contributed by atoms with van der Waals surface area (Å²) in [6.45, 7) is 0. The van der Waals surface area contributed by atoms with Gasteiger partial charge in [-0.2, -0.15) is 0 Å². The summed E-state index contributed by atoms with van der Waals surface area (Å²) >= 11 is 22.6. The largest absolute Gasteiger partial charge is 0.427 e. The molecular weight excluding hydrogens is 422 g/mol. The maximum Gasteiger partial charge on any atom is 0.360 e. The second-order valence-corrected chi connectivity index (χ2v) is 8.00. The van der Waals surface area contributed by atoms with Crippen molar-refractivity contribution in [3.63, 3.8) is 0 Å². The number of hydrogen-bond acceptors (Lipinski definition) is 4. The maximum atomic E-state index is 12.4. The van der Waals surface area contributed by atoms with Crippen molar-refractivity contribution >= 4 is 69.7 Å². The number of ether oxygens (including phenoxy) is 1. The minimum atomic E-state index is -2.33. The molecule has 2 aromatic carbocycles. The number of nitrogens with one attached hydrogen (secondary N) is 1. The molecule has 1 amide bonds. The fourth-order valence-electron chi connectivity index (χ4n) is 2.34. The molecule has 0 saturated carbocycles. The van der Waals surface area contributed by atoms with Crippen LogP contribution in [0.5, 0.6) is 0 Å². The lowest BCUT2D eigenvalue weighted by Crippen LogP contribution is -2.34. The molecule has 1 atom stereocenters. The third-order valence-corrected chi connectivity index (χ3v) is 4.16. The van der Waals surface area contributed by atoms with Gasteiger partial charge in [0.2, 0.25) is 0 Å². The van der Waals surface area contributed by atoms with Crippen molar-refractivity contribution in [2.75, 3.05) is 5.32 Å². The first-order valence-electron chi connectivity index (χ1n) is 7.27. The van der Waals surface area contributed by atoms with Crippen LogP contribution in [0.2, 0.25) is 5.02 Å². The number of fused-ring (bicyclic) bond motifs is 1. The Balaban J connectivity index is 2.11. The molecule has 1 heterocycles. The molecule has 1 aliphatic heterocycles. The minimum absolute atomic E-state index is 0.406. The van der Waals surface area contributed by atoms with E-state index < -0.39 is 21.9 Å². The van der Waals surface area contributed by atoms with Crippen molar-refractivity contribution in [3.8, 4) is 0 Å². The zero-order chi connectivity index (χ0) is 18.9. The number of anilines is 1. The number of nitrogens with zero attached hydrogens (tertiary/aromatic N) is 1. The first-order chi connectivity index (χ1) is 12.3. The van der Waals surface area contributed by atoms with Gasteiger partial charge in [-0.15, -0.1) is 0 Å². The summed E-state index contributed by atoms with van der Waals surface area (Å²) in [6.07, 6.45) is -1.53. The highest BCUT2D eigenvalue weighted by Gasteiger charge is 2.37. The monoisotopic (exact) mass is 430 g/mol. The van der Waals surface area contributed by atoms with Crippen molar-refractivity contribution in [3.05, 3.63) is 64.7 Å². The van der Waals surface area contributed by atoms with Crippen LogP contribution in [-0.4, -0.2) is 27.6 Å². The summed E-state index contributed by atoms with van der Waals surface area (Å²) in [5, 5.41) is 3.09. The Kier molecular flexibility index (Phi) is 5.44. The third-order valence-electron chi connectivity index (χ3n) is 3.46. The van der Waals surface area contributed by atoms with E-state index in [1.54, 1.807) is 30.3 Å². The highest BCUT2D eigenvalue weighted by molar-refractivity contribution is 6.75. The Hall–Kier alpha value is -1.79. The molecule has 0 saturated heterocycles. The van der Waals surface area contributed by atoms with Crippen LogP contribution in [0.25, 0.3) is 0 Å². The normalized spacial score (nSPS) is 16.8. The number of hydrogen-bond donors (Lipinski definition) is 1. The second kappa shape index (κ2) is 7.45. The number of alkyl halides is 3. The fourth-order valence-corrected chi connectivity index (χ4v) is 2.64. The molecule has 0 radical (unpaired) electrons. The fraction of sp³-hybridized carbons (Fsp3) is 0.118. The highest BCUT2D eigenvalue weighted by Crippen LogP contribution is 2.30. The van der Waals surface area contributed by atoms with Gasteiger partial charge in [0.05, 0.1) is 11.4 Å². The topological polar surface area (TPSA) is 67.8 Å². The Labute approximate surface area is 168 Å². The van der Waals surface area contributed by atoms with Crippen molar-refractivity contribution in [1.29, 1.82) is 0 Å². The second-order valence-electron chi connectivity index (χ2n) is 5.28. The molecule has 0 fully saturated rings. The number of carbonyl (C=O) groups excluding carboxylic acids is 2. The van der Waals surface area contributed by atoms with Crippen LogP contribution < -0.4 is 5.32 Å². The molecule has 5 nitrogen and oxygen atoms in total. The number of rotatable bonds is 2. The SMILES string of the molecule is O=C1Nc2ccc(Cl)cc2C(c2ccccc2)=NC1OC(=O)C(Cl)(Cl)Cl. The molecule has 26 heavy (non-hydrogen) atoms. The van der Waals surface area contributed by atoms with E-state index >= 15 is 0 Å². The van der Waals surface area contributed by atoms with Gasteiger partial charge >= 0.3 is 5.97 Å². The van der Waals surface area contributed by atoms with E-state index in [9.17, 15) is 9.59 Å². The van der Waals surface area contributed by atoms with Crippen molar-refractivity contribution < 1.29 is 14.3 Å². The molecule has 134 valence electrons. The van der Waals surface area contributed by atoms with Gasteiger partial charge in [0.15, 0.2) is 0 Å². The minimum Gasteiger partial charge on any atom is -0.427 e. The van der Waals surface area contributed by atoms with Gasteiger partial charge in [0.25, 0.3) is 15.9 Å². The average Bonchev–Trinajstić information content (AvgIpc) is 2.72. The van der Waals surface area contributed by atoms with E-state index in [0.29, 0.717) is 27.5 Å². The van der Waals surface area contributed by atoms with Gasteiger partial charge in [-0.05, 0) is 18.2 Å².